The van der Waals surface area contributed by atoms with Gasteiger partial charge in [0.1, 0.15) is 21.9 Å². The Labute approximate surface area is 120 Å². The fourth-order valence-corrected chi connectivity index (χ4v) is 2.18. The molecule has 5 heteroatoms. The lowest BCUT2D eigenvalue weighted by molar-refractivity contribution is 0.338. The second kappa shape index (κ2) is 6.59. The number of halogens is 1. The first-order valence-electron chi connectivity index (χ1n) is 5.73. The van der Waals surface area contributed by atoms with Gasteiger partial charge in [-0.05, 0) is 67.4 Å². The molecule has 100 valence electrons. The molecule has 0 spiro atoms. The Kier molecular flexibility index (Phi) is 5.69. The molecule has 18 heavy (non-hydrogen) atoms. The van der Waals surface area contributed by atoms with Crippen molar-refractivity contribution >= 4 is 33.5 Å². The highest BCUT2D eigenvalue weighted by Gasteiger charge is 2.25. The van der Waals surface area contributed by atoms with Crippen molar-refractivity contribution in [2.45, 2.75) is 32.4 Å². The van der Waals surface area contributed by atoms with E-state index in [4.69, 9.17) is 4.74 Å². The molecule has 1 atom stereocenters. The first-order chi connectivity index (χ1) is 8.34. The lowest BCUT2D eigenvalue weighted by Crippen LogP contribution is -2.25. The van der Waals surface area contributed by atoms with Crippen LogP contribution in [-0.4, -0.2) is 22.1 Å². The molecule has 1 unspecified atom stereocenters. The van der Waals surface area contributed by atoms with Crippen molar-refractivity contribution in [1.29, 1.82) is 0 Å². The molecule has 0 fully saturated rings. The molecule has 0 radical (unpaired) electrons. The maximum Gasteiger partial charge on any atom is 0.144 e. The molecule has 0 heterocycles. The minimum absolute atomic E-state index is 0.334. The van der Waals surface area contributed by atoms with Gasteiger partial charge < -0.3 is 9.29 Å². The van der Waals surface area contributed by atoms with E-state index in [1.165, 1.54) is 0 Å². The zero-order chi connectivity index (χ0) is 13.8. The molecule has 0 amide bonds. The van der Waals surface area contributed by atoms with Gasteiger partial charge in [0.05, 0.1) is 17.3 Å². The van der Waals surface area contributed by atoms with E-state index in [0.29, 0.717) is 6.61 Å². The van der Waals surface area contributed by atoms with E-state index in [-0.39, 0.29) is 4.75 Å². The van der Waals surface area contributed by atoms with Crippen molar-refractivity contribution in [3.05, 3.63) is 28.2 Å². The van der Waals surface area contributed by atoms with Crippen LogP contribution < -0.4 is 4.74 Å². The minimum atomic E-state index is -1.23. The average Bonchev–Trinajstić information content (AvgIpc) is 2.28. The SMILES string of the molecule is CCOc1ccc(C=N[S+]([O-])C(C)(C)C)cc1Br. The topological polar surface area (TPSA) is 44.6 Å². The number of benzene rings is 1. The Morgan fingerprint density at radius 3 is 2.61 bits per heavy atom. The van der Waals surface area contributed by atoms with E-state index in [9.17, 15) is 4.55 Å². The number of hydrogen-bond acceptors (Lipinski definition) is 3. The fourth-order valence-electron chi connectivity index (χ4n) is 1.14. The van der Waals surface area contributed by atoms with Crippen molar-refractivity contribution in [2.75, 3.05) is 6.61 Å². The van der Waals surface area contributed by atoms with Crippen LogP contribution in [0.25, 0.3) is 0 Å². The Balaban J connectivity index is 2.80. The third kappa shape index (κ3) is 4.63. The standard InChI is InChI=1S/C13H18BrNO2S/c1-5-17-12-7-6-10(8-11(12)14)9-15-18(16)13(2,3)4/h6-9H,5H2,1-4H3. The van der Waals surface area contributed by atoms with Crippen molar-refractivity contribution in [3.8, 4) is 5.75 Å². The van der Waals surface area contributed by atoms with Crippen LogP contribution in [0.3, 0.4) is 0 Å². The van der Waals surface area contributed by atoms with Crippen molar-refractivity contribution in [1.82, 2.24) is 0 Å². The summed E-state index contributed by atoms with van der Waals surface area (Å²) in [6, 6.07) is 5.66. The van der Waals surface area contributed by atoms with Gasteiger partial charge in [-0.3, -0.25) is 0 Å². The fraction of sp³-hybridized carbons (Fsp3) is 0.462. The van der Waals surface area contributed by atoms with E-state index in [1.807, 2.05) is 45.9 Å². The number of hydrogen-bond donors (Lipinski definition) is 0. The highest BCUT2D eigenvalue weighted by molar-refractivity contribution is 9.10. The third-order valence-corrected chi connectivity index (χ3v) is 4.04. The summed E-state index contributed by atoms with van der Waals surface area (Å²) in [7, 11) is 0. The molecule has 1 rings (SSSR count). The summed E-state index contributed by atoms with van der Waals surface area (Å²) in [4.78, 5) is 0. The average molecular weight is 332 g/mol. The van der Waals surface area contributed by atoms with Crippen LogP contribution in [0.5, 0.6) is 5.75 Å². The Hall–Kier alpha value is -0.520. The number of nitrogens with zero attached hydrogens (tertiary/aromatic N) is 1. The molecule has 0 N–H and O–H groups in total. The molecule has 0 saturated heterocycles. The van der Waals surface area contributed by atoms with Gasteiger partial charge in [0.15, 0.2) is 0 Å². The van der Waals surface area contributed by atoms with Gasteiger partial charge in [-0.1, -0.05) is 4.40 Å². The molecule has 0 bridgehead atoms. The molecule has 1 aromatic rings. The highest BCUT2D eigenvalue weighted by Crippen LogP contribution is 2.25. The normalized spacial score (nSPS) is 13.9. The highest BCUT2D eigenvalue weighted by atomic mass is 79.9. The lowest BCUT2D eigenvalue weighted by atomic mass is 10.2. The van der Waals surface area contributed by atoms with E-state index >= 15 is 0 Å². The molecule has 0 saturated carbocycles. The number of ether oxygens (including phenoxy) is 1. The van der Waals surface area contributed by atoms with Crippen LogP contribution in [0.4, 0.5) is 0 Å². The van der Waals surface area contributed by atoms with Crippen LogP contribution in [0.2, 0.25) is 0 Å². The second-order valence-electron chi connectivity index (χ2n) is 4.72. The maximum atomic E-state index is 11.8. The van der Waals surface area contributed by atoms with Crippen LogP contribution in [0.1, 0.15) is 33.3 Å². The predicted octanol–water partition coefficient (Wildman–Crippen LogP) is 3.73. The van der Waals surface area contributed by atoms with Gasteiger partial charge in [0.25, 0.3) is 0 Å². The van der Waals surface area contributed by atoms with Gasteiger partial charge in [0.2, 0.25) is 0 Å². The van der Waals surface area contributed by atoms with Crippen molar-refractivity contribution in [2.24, 2.45) is 4.40 Å². The predicted molar refractivity (Wildman–Crippen MR) is 80.8 cm³/mol. The van der Waals surface area contributed by atoms with Gasteiger partial charge in [-0.15, -0.1) is 0 Å². The Bertz CT molecular complexity index is 429. The zero-order valence-electron chi connectivity index (χ0n) is 11.1. The molecule has 0 aliphatic heterocycles. The van der Waals surface area contributed by atoms with Crippen LogP contribution in [0, 0.1) is 0 Å². The molecule has 1 aromatic carbocycles. The summed E-state index contributed by atoms with van der Waals surface area (Å²) in [6.45, 7) is 8.26. The smallest absolute Gasteiger partial charge is 0.144 e. The summed E-state index contributed by atoms with van der Waals surface area (Å²) >= 11 is 2.20. The minimum Gasteiger partial charge on any atom is -0.591 e. The summed E-state index contributed by atoms with van der Waals surface area (Å²) in [6.07, 6.45) is 1.63. The van der Waals surface area contributed by atoms with Gasteiger partial charge in [-0.2, -0.15) is 0 Å². The van der Waals surface area contributed by atoms with Gasteiger partial charge in [0, 0.05) is 0 Å². The quantitative estimate of drug-likeness (QED) is 0.623. The Morgan fingerprint density at radius 2 is 2.11 bits per heavy atom. The van der Waals surface area contributed by atoms with E-state index < -0.39 is 11.4 Å². The summed E-state index contributed by atoms with van der Waals surface area (Å²) in [5.41, 5.74) is 0.892. The molecular formula is C13H18BrNO2S. The summed E-state index contributed by atoms with van der Waals surface area (Å²) < 4.78 is 21.8. The van der Waals surface area contributed by atoms with E-state index in [2.05, 4.69) is 20.3 Å². The van der Waals surface area contributed by atoms with Gasteiger partial charge in [-0.25, -0.2) is 0 Å². The van der Waals surface area contributed by atoms with Crippen molar-refractivity contribution < 1.29 is 9.29 Å². The second-order valence-corrected chi connectivity index (χ2v) is 7.51. The first kappa shape index (κ1) is 15.5. The number of rotatable bonds is 4. The lowest BCUT2D eigenvalue weighted by Gasteiger charge is -2.17. The third-order valence-electron chi connectivity index (χ3n) is 2.08. The van der Waals surface area contributed by atoms with Crippen molar-refractivity contribution in [3.63, 3.8) is 0 Å². The molecule has 0 aliphatic rings. The maximum absolute atomic E-state index is 11.8. The Morgan fingerprint density at radius 1 is 1.44 bits per heavy atom. The van der Waals surface area contributed by atoms with Crippen LogP contribution in [0.15, 0.2) is 27.1 Å². The molecule has 3 nitrogen and oxygen atoms in total. The van der Waals surface area contributed by atoms with E-state index in [1.54, 1.807) is 6.21 Å². The molecule has 0 aromatic heterocycles. The largest absolute Gasteiger partial charge is 0.591 e. The van der Waals surface area contributed by atoms with Gasteiger partial charge >= 0.3 is 0 Å². The molecular weight excluding hydrogens is 314 g/mol. The summed E-state index contributed by atoms with van der Waals surface area (Å²) in [5.74, 6) is 0.798. The first-order valence-corrected chi connectivity index (χ1v) is 7.63. The monoisotopic (exact) mass is 331 g/mol. The van der Waals surface area contributed by atoms with Crippen LogP contribution >= 0.6 is 15.9 Å². The summed E-state index contributed by atoms with van der Waals surface area (Å²) in [5, 5.41) is 0. The zero-order valence-corrected chi connectivity index (χ0v) is 13.5. The van der Waals surface area contributed by atoms with E-state index in [0.717, 1.165) is 15.8 Å². The molecule has 0 aliphatic carbocycles. The van der Waals surface area contributed by atoms with Crippen LogP contribution in [-0.2, 0) is 11.4 Å².